The zero-order valence-electron chi connectivity index (χ0n) is 9.24. The molecule has 0 bridgehead atoms. The van der Waals surface area contributed by atoms with Crippen LogP contribution in [0.5, 0.6) is 0 Å². The van der Waals surface area contributed by atoms with Gasteiger partial charge in [0.1, 0.15) is 5.84 Å². The molecule has 5 heteroatoms. The smallest absolute Gasteiger partial charge is 0.227 e. The van der Waals surface area contributed by atoms with Crippen molar-refractivity contribution in [2.24, 2.45) is 16.3 Å². The zero-order chi connectivity index (χ0) is 11.4. The second kappa shape index (κ2) is 4.83. The Morgan fingerprint density at radius 2 is 2.00 bits per heavy atom. The zero-order valence-corrected chi connectivity index (χ0v) is 9.24. The van der Waals surface area contributed by atoms with Crippen molar-refractivity contribution in [2.45, 2.75) is 27.2 Å². The fourth-order valence-electron chi connectivity index (χ4n) is 1.01. The highest BCUT2D eigenvalue weighted by Crippen LogP contribution is 2.16. The average molecular weight is 201 g/mol. The summed E-state index contributed by atoms with van der Waals surface area (Å²) in [7, 11) is 1.71. The van der Waals surface area contributed by atoms with Crippen molar-refractivity contribution in [3.8, 4) is 0 Å². The minimum Gasteiger partial charge on any atom is -0.409 e. The molecule has 0 saturated heterocycles. The largest absolute Gasteiger partial charge is 0.409 e. The van der Waals surface area contributed by atoms with Crippen molar-refractivity contribution >= 4 is 11.7 Å². The van der Waals surface area contributed by atoms with E-state index in [2.05, 4.69) is 5.16 Å². The van der Waals surface area contributed by atoms with E-state index in [9.17, 15) is 4.79 Å². The van der Waals surface area contributed by atoms with Crippen LogP contribution in [0.4, 0.5) is 0 Å². The molecule has 82 valence electrons. The molecular formula is C9H19N3O2. The summed E-state index contributed by atoms with van der Waals surface area (Å²) in [5.74, 6) is 0.182. The maximum absolute atomic E-state index is 11.6. The van der Waals surface area contributed by atoms with Crippen molar-refractivity contribution in [1.29, 1.82) is 0 Å². The molecule has 0 heterocycles. The van der Waals surface area contributed by atoms with Gasteiger partial charge in [-0.15, -0.1) is 0 Å². The number of hydrogen-bond donors (Lipinski definition) is 2. The van der Waals surface area contributed by atoms with Crippen LogP contribution in [0.1, 0.15) is 27.2 Å². The maximum atomic E-state index is 11.6. The molecule has 0 spiro atoms. The fourth-order valence-corrected chi connectivity index (χ4v) is 1.01. The number of amides is 1. The van der Waals surface area contributed by atoms with Gasteiger partial charge in [0.2, 0.25) is 5.91 Å². The first-order valence-corrected chi connectivity index (χ1v) is 4.51. The van der Waals surface area contributed by atoms with Crippen LogP contribution in [-0.4, -0.2) is 35.4 Å². The lowest BCUT2D eigenvalue weighted by Crippen LogP contribution is -2.38. The molecule has 0 atom stereocenters. The van der Waals surface area contributed by atoms with E-state index in [1.807, 2.05) is 20.8 Å². The summed E-state index contributed by atoms with van der Waals surface area (Å²) in [4.78, 5) is 13.2. The first-order valence-electron chi connectivity index (χ1n) is 4.51. The third kappa shape index (κ3) is 4.11. The van der Waals surface area contributed by atoms with E-state index in [1.165, 1.54) is 0 Å². The summed E-state index contributed by atoms with van der Waals surface area (Å²) in [6.07, 6.45) is 0.384. The van der Waals surface area contributed by atoms with E-state index in [-0.39, 0.29) is 17.2 Å². The lowest BCUT2D eigenvalue weighted by molar-refractivity contribution is -0.137. The van der Waals surface area contributed by atoms with Crippen LogP contribution < -0.4 is 5.73 Å². The second-order valence-corrected chi connectivity index (χ2v) is 4.32. The van der Waals surface area contributed by atoms with Gasteiger partial charge in [-0.05, 0) is 0 Å². The summed E-state index contributed by atoms with van der Waals surface area (Å²) in [5, 5.41) is 11.1. The van der Waals surface area contributed by atoms with Gasteiger partial charge in [-0.2, -0.15) is 0 Å². The Labute approximate surface area is 84.6 Å². The van der Waals surface area contributed by atoms with Crippen molar-refractivity contribution in [3.05, 3.63) is 0 Å². The summed E-state index contributed by atoms with van der Waals surface area (Å²) >= 11 is 0. The minimum absolute atomic E-state index is 0.0447. The predicted octanol–water partition coefficient (Wildman–Crippen LogP) is 0.627. The third-order valence-electron chi connectivity index (χ3n) is 1.82. The highest BCUT2D eigenvalue weighted by Gasteiger charge is 2.24. The number of nitrogens with two attached hydrogens (primary N) is 1. The van der Waals surface area contributed by atoms with Gasteiger partial charge in [-0.1, -0.05) is 25.9 Å². The van der Waals surface area contributed by atoms with Crippen LogP contribution in [0.3, 0.4) is 0 Å². The molecule has 0 aliphatic heterocycles. The molecule has 0 aromatic carbocycles. The summed E-state index contributed by atoms with van der Waals surface area (Å²) < 4.78 is 0. The number of rotatable bonds is 3. The third-order valence-corrected chi connectivity index (χ3v) is 1.82. The Hall–Kier alpha value is -1.26. The summed E-state index contributed by atoms with van der Waals surface area (Å²) in [6, 6.07) is 0. The van der Waals surface area contributed by atoms with Crippen LogP contribution in [0.15, 0.2) is 5.16 Å². The van der Waals surface area contributed by atoms with Gasteiger partial charge in [0.25, 0.3) is 0 Å². The summed E-state index contributed by atoms with van der Waals surface area (Å²) in [5.41, 5.74) is 4.90. The van der Waals surface area contributed by atoms with Crippen LogP contribution >= 0.6 is 0 Å². The molecule has 0 unspecified atom stereocenters. The second-order valence-electron chi connectivity index (χ2n) is 4.32. The first-order chi connectivity index (χ1) is 6.29. The fraction of sp³-hybridized carbons (Fsp3) is 0.778. The molecule has 5 nitrogen and oxygen atoms in total. The maximum Gasteiger partial charge on any atom is 0.227 e. The van der Waals surface area contributed by atoms with Crippen molar-refractivity contribution < 1.29 is 10.0 Å². The molecular weight excluding hydrogens is 182 g/mol. The SMILES string of the molecule is CN(CC/C(N)=N/O)C(=O)C(C)(C)C. The molecule has 0 aromatic heterocycles. The van der Waals surface area contributed by atoms with E-state index in [0.717, 1.165) is 0 Å². The molecule has 14 heavy (non-hydrogen) atoms. The molecule has 0 aliphatic carbocycles. The topological polar surface area (TPSA) is 78.9 Å². The number of nitrogens with zero attached hydrogens (tertiary/aromatic N) is 2. The number of hydrogen-bond acceptors (Lipinski definition) is 3. The van der Waals surface area contributed by atoms with E-state index in [4.69, 9.17) is 10.9 Å². The molecule has 3 N–H and O–H groups in total. The predicted molar refractivity (Wildman–Crippen MR) is 55.1 cm³/mol. The lowest BCUT2D eigenvalue weighted by atomic mass is 9.95. The molecule has 0 aliphatic rings. The van der Waals surface area contributed by atoms with Crippen LogP contribution in [0.2, 0.25) is 0 Å². The quantitative estimate of drug-likeness (QED) is 0.304. The monoisotopic (exact) mass is 201 g/mol. The van der Waals surface area contributed by atoms with Crippen LogP contribution in [0, 0.1) is 5.41 Å². The van der Waals surface area contributed by atoms with Gasteiger partial charge in [0.15, 0.2) is 0 Å². The minimum atomic E-state index is -0.389. The van der Waals surface area contributed by atoms with Gasteiger partial charge >= 0.3 is 0 Å². The Morgan fingerprint density at radius 3 is 2.36 bits per heavy atom. The number of carbonyl (C=O) groups is 1. The van der Waals surface area contributed by atoms with Crippen LogP contribution in [0.25, 0.3) is 0 Å². The van der Waals surface area contributed by atoms with E-state index < -0.39 is 0 Å². The molecule has 0 rings (SSSR count). The Morgan fingerprint density at radius 1 is 1.50 bits per heavy atom. The van der Waals surface area contributed by atoms with Gasteiger partial charge < -0.3 is 15.8 Å². The number of amidine groups is 1. The average Bonchev–Trinajstić information content (AvgIpc) is 2.10. The number of carbonyl (C=O) groups excluding carboxylic acids is 1. The highest BCUT2D eigenvalue weighted by molar-refractivity contribution is 5.83. The van der Waals surface area contributed by atoms with Crippen molar-refractivity contribution in [3.63, 3.8) is 0 Å². The molecule has 0 fully saturated rings. The van der Waals surface area contributed by atoms with E-state index in [0.29, 0.717) is 13.0 Å². The standard InChI is InChI=1S/C9H19N3O2/c1-9(2,3)8(13)12(4)6-5-7(10)11-14/h14H,5-6H2,1-4H3,(H2,10,11). The number of oxime groups is 1. The Kier molecular flexibility index (Phi) is 4.40. The van der Waals surface area contributed by atoms with Gasteiger partial charge in [0, 0.05) is 25.4 Å². The van der Waals surface area contributed by atoms with Crippen molar-refractivity contribution in [1.82, 2.24) is 4.90 Å². The van der Waals surface area contributed by atoms with Crippen molar-refractivity contribution in [2.75, 3.05) is 13.6 Å². The van der Waals surface area contributed by atoms with Gasteiger partial charge in [-0.3, -0.25) is 4.79 Å². The molecule has 1 amide bonds. The highest BCUT2D eigenvalue weighted by atomic mass is 16.4. The summed E-state index contributed by atoms with van der Waals surface area (Å²) in [6.45, 7) is 6.03. The molecule has 0 saturated carbocycles. The first kappa shape index (κ1) is 12.7. The Balaban J connectivity index is 4.10. The Bertz CT molecular complexity index is 231. The van der Waals surface area contributed by atoms with Gasteiger partial charge in [-0.25, -0.2) is 0 Å². The molecule has 0 aromatic rings. The van der Waals surface area contributed by atoms with Crippen LogP contribution in [-0.2, 0) is 4.79 Å². The molecule has 0 radical (unpaired) electrons. The normalized spacial score (nSPS) is 12.7. The van der Waals surface area contributed by atoms with E-state index >= 15 is 0 Å². The van der Waals surface area contributed by atoms with Gasteiger partial charge in [0.05, 0.1) is 0 Å². The van der Waals surface area contributed by atoms with E-state index in [1.54, 1.807) is 11.9 Å². The lowest BCUT2D eigenvalue weighted by Gasteiger charge is -2.25.